The maximum atomic E-state index is 5.83. The monoisotopic (exact) mass is 377 g/mol. The van der Waals surface area contributed by atoms with Crippen LogP contribution in [0.15, 0.2) is 42.5 Å². The molecule has 3 heterocycles. The number of fused-ring (bicyclic) bond motifs is 2. The average Bonchev–Trinajstić information content (AvgIpc) is 3.21. The molecule has 3 aromatic rings. The Morgan fingerprint density at radius 1 is 0.893 bits per heavy atom. The minimum absolute atomic E-state index is 0.315. The van der Waals surface area contributed by atoms with Gasteiger partial charge in [0.1, 0.15) is 0 Å². The standard InChI is InChI=1S/C21H23N5O2/c22-12-18-16-3-1-2-4-17(16)21(24-23-18)26-9-7-25(8-10-26)13-15-5-6-19-20(11-15)28-14-27-19/h1-6,11H,7-10,12-14,22H2. The third-order valence-electron chi connectivity index (χ3n) is 5.45. The highest BCUT2D eigenvalue weighted by atomic mass is 16.7. The van der Waals surface area contributed by atoms with Crippen molar-refractivity contribution in [2.24, 2.45) is 5.73 Å². The van der Waals surface area contributed by atoms with Crippen molar-refractivity contribution >= 4 is 16.6 Å². The van der Waals surface area contributed by atoms with Crippen LogP contribution in [0.2, 0.25) is 0 Å². The molecule has 28 heavy (non-hydrogen) atoms. The van der Waals surface area contributed by atoms with Crippen LogP contribution >= 0.6 is 0 Å². The number of aromatic nitrogens is 2. The molecule has 5 rings (SSSR count). The summed E-state index contributed by atoms with van der Waals surface area (Å²) in [5.41, 5.74) is 7.92. The summed E-state index contributed by atoms with van der Waals surface area (Å²) in [4.78, 5) is 4.78. The lowest BCUT2D eigenvalue weighted by Gasteiger charge is -2.35. The Hall–Kier alpha value is -2.90. The molecule has 0 aliphatic carbocycles. The average molecular weight is 377 g/mol. The van der Waals surface area contributed by atoms with E-state index in [1.807, 2.05) is 18.2 Å². The summed E-state index contributed by atoms with van der Waals surface area (Å²) in [7, 11) is 0. The summed E-state index contributed by atoms with van der Waals surface area (Å²) in [5.74, 6) is 2.63. The summed E-state index contributed by atoms with van der Waals surface area (Å²) < 4.78 is 10.9. The first kappa shape index (κ1) is 17.2. The lowest BCUT2D eigenvalue weighted by molar-refractivity contribution is 0.174. The number of anilines is 1. The molecule has 144 valence electrons. The van der Waals surface area contributed by atoms with E-state index < -0.39 is 0 Å². The molecular formula is C21H23N5O2. The van der Waals surface area contributed by atoms with Crippen LogP contribution in [-0.4, -0.2) is 48.1 Å². The second-order valence-electron chi connectivity index (χ2n) is 7.17. The van der Waals surface area contributed by atoms with Crippen LogP contribution in [0, 0.1) is 0 Å². The highest BCUT2D eigenvalue weighted by Crippen LogP contribution is 2.33. The Morgan fingerprint density at radius 2 is 1.68 bits per heavy atom. The molecule has 7 nitrogen and oxygen atoms in total. The van der Waals surface area contributed by atoms with E-state index in [-0.39, 0.29) is 0 Å². The summed E-state index contributed by atoms with van der Waals surface area (Å²) in [6.45, 7) is 5.41. The maximum Gasteiger partial charge on any atom is 0.231 e. The first-order chi connectivity index (χ1) is 13.8. The van der Waals surface area contributed by atoms with E-state index in [4.69, 9.17) is 15.2 Å². The number of ether oxygens (including phenoxy) is 2. The summed E-state index contributed by atoms with van der Waals surface area (Å²) in [5, 5.41) is 11.1. The van der Waals surface area contributed by atoms with Gasteiger partial charge in [0.05, 0.1) is 5.69 Å². The molecule has 0 spiro atoms. The van der Waals surface area contributed by atoms with Crippen molar-refractivity contribution in [2.45, 2.75) is 13.1 Å². The molecule has 0 amide bonds. The number of hydrogen-bond donors (Lipinski definition) is 1. The molecule has 1 fully saturated rings. The number of nitrogens with zero attached hydrogens (tertiary/aromatic N) is 4. The van der Waals surface area contributed by atoms with Gasteiger partial charge in [-0.25, -0.2) is 0 Å². The zero-order valence-electron chi connectivity index (χ0n) is 15.7. The first-order valence-electron chi connectivity index (χ1n) is 9.62. The second kappa shape index (κ2) is 7.26. The molecular weight excluding hydrogens is 354 g/mol. The van der Waals surface area contributed by atoms with Crippen molar-refractivity contribution < 1.29 is 9.47 Å². The van der Waals surface area contributed by atoms with Crippen molar-refractivity contribution in [3.63, 3.8) is 0 Å². The van der Waals surface area contributed by atoms with Crippen molar-refractivity contribution in [3.8, 4) is 11.5 Å². The molecule has 2 aromatic carbocycles. The van der Waals surface area contributed by atoms with Gasteiger partial charge >= 0.3 is 0 Å². The van der Waals surface area contributed by atoms with Crippen LogP contribution in [0.5, 0.6) is 11.5 Å². The predicted molar refractivity (Wildman–Crippen MR) is 107 cm³/mol. The van der Waals surface area contributed by atoms with Gasteiger partial charge in [0.2, 0.25) is 6.79 Å². The molecule has 2 aliphatic rings. The summed E-state index contributed by atoms with van der Waals surface area (Å²) >= 11 is 0. The molecule has 0 radical (unpaired) electrons. The van der Waals surface area contributed by atoms with Crippen molar-refractivity contribution in [3.05, 3.63) is 53.7 Å². The first-order valence-corrected chi connectivity index (χ1v) is 9.62. The zero-order chi connectivity index (χ0) is 18.9. The highest BCUT2D eigenvalue weighted by molar-refractivity contribution is 5.93. The minimum atomic E-state index is 0.315. The molecule has 7 heteroatoms. The maximum absolute atomic E-state index is 5.83. The lowest BCUT2D eigenvalue weighted by Crippen LogP contribution is -2.46. The fourth-order valence-corrected chi connectivity index (χ4v) is 3.94. The Kier molecular flexibility index (Phi) is 4.46. The Balaban J connectivity index is 1.29. The van der Waals surface area contributed by atoms with Crippen molar-refractivity contribution in [1.82, 2.24) is 15.1 Å². The number of piperazine rings is 1. The van der Waals surface area contributed by atoms with E-state index >= 15 is 0 Å². The fraction of sp³-hybridized carbons (Fsp3) is 0.333. The van der Waals surface area contributed by atoms with Gasteiger partial charge in [-0.05, 0) is 17.7 Å². The molecule has 2 N–H and O–H groups in total. The van der Waals surface area contributed by atoms with Gasteiger partial charge < -0.3 is 20.1 Å². The van der Waals surface area contributed by atoms with Gasteiger partial charge in [-0.15, -0.1) is 5.10 Å². The van der Waals surface area contributed by atoms with Crippen molar-refractivity contribution in [2.75, 3.05) is 37.9 Å². The van der Waals surface area contributed by atoms with E-state index in [9.17, 15) is 0 Å². The molecule has 1 saturated heterocycles. The normalized spacial score (nSPS) is 16.7. The van der Waals surface area contributed by atoms with E-state index in [1.54, 1.807) is 0 Å². The number of rotatable bonds is 4. The predicted octanol–water partition coefficient (Wildman–Crippen LogP) is 2.14. The van der Waals surface area contributed by atoms with Gasteiger partial charge in [0.15, 0.2) is 17.3 Å². The lowest BCUT2D eigenvalue weighted by atomic mass is 10.1. The summed E-state index contributed by atoms with van der Waals surface area (Å²) in [6, 6.07) is 14.4. The fourth-order valence-electron chi connectivity index (χ4n) is 3.94. The van der Waals surface area contributed by atoms with Crippen LogP contribution < -0.4 is 20.1 Å². The van der Waals surface area contributed by atoms with Crippen LogP contribution in [0.25, 0.3) is 10.8 Å². The molecule has 0 atom stereocenters. The van der Waals surface area contributed by atoms with E-state index in [1.165, 1.54) is 5.56 Å². The number of benzene rings is 2. The van der Waals surface area contributed by atoms with Gasteiger partial charge in [-0.2, -0.15) is 5.10 Å². The van der Waals surface area contributed by atoms with Gasteiger partial charge in [-0.1, -0.05) is 30.3 Å². The Labute approximate surface area is 163 Å². The van der Waals surface area contributed by atoms with E-state index in [0.717, 1.165) is 66.5 Å². The molecule has 1 aromatic heterocycles. The van der Waals surface area contributed by atoms with Gasteiger partial charge in [-0.3, -0.25) is 4.90 Å². The van der Waals surface area contributed by atoms with E-state index in [0.29, 0.717) is 13.3 Å². The SMILES string of the molecule is NCc1nnc(N2CCN(Cc3ccc4c(c3)OCO4)CC2)c2ccccc12. The van der Waals surface area contributed by atoms with Crippen LogP contribution in [0.4, 0.5) is 5.82 Å². The molecule has 2 aliphatic heterocycles. The zero-order valence-corrected chi connectivity index (χ0v) is 15.7. The number of hydrogen-bond acceptors (Lipinski definition) is 7. The smallest absolute Gasteiger partial charge is 0.231 e. The topological polar surface area (TPSA) is 76.7 Å². The second-order valence-corrected chi connectivity index (χ2v) is 7.17. The third kappa shape index (κ3) is 3.12. The highest BCUT2D eigenvalue weighted by Gasteiger charge is 2.22. The quantitative estimate of drug-likeness (QED) is 0.746. The largest absolute Gasteiger partial charge is 0.454 e. The molecule has 0 unspecified atom stereocenters. The van der Waals surface area contributed by atoms with Gasteiger partial charge in [0, 0.05) is 50.0 Å². The summed E-state index contributed by atoms with van der Waals surface area (Å²) in [6.07, 6.45) is 0. The minimum Gasteiger partial charge on any atom is -0.454 e. The molecule has 0 saturated carbocycles. The van der Waals surface area contributed by atoms with Crippen LogP contribution in [-0.2, 0) is 13.1 Å². The Bertz CT molecular complexity index is 1000. The van der Waals surface area contributed by atoms with Crippen LogP contribution in [0.3, 0.4) is 0 Å². The number of nitrogens with two attached hydrogens (primary N) is 1. The third-order valence-corrected chi connectivity index (χ3v) is 5.45. The van der Waals surface area contributed by atoms with E-state index in [2.05, 4.69) is 44.3 Å². The van der Waals surface area contributed by atoms with Gasteiger partial charge in [0.25, 0.3) is 0 Å². The molecule has 0 bridgehead atoms. The van der Waals surface area contributed by atoms with Crippen molar-refractivity contribution in [1.29, 1.82) is 0 Å². The van der Waals surface area contributed by atoms with Crippen LogP contribution in [0.1, 0.15) is 11.3 Å². The Morgan fingerprint density at radius 3 is 2.50 bits per heavy atom.